The molecule has 82 valence electrons. The molecule has 3 nitrogen and oxygen atoms in total. The molecule has 2 N–H and O–H groups in total. The van der Waals surface area contributed by atoms with Gasteiger partial charge in [-0.25, -0.2) is 4.39 Å². The van der Waals surface area contributed by atoms with Gasteiger partial charge in [0.25, 0.3) is 0 Å². The third kappa shape index (κ3) is 1.82. The van der Waals surface area contributed by atoms with Crippen molar-refractivity contribution in [3.8, 4) is 0 Å². The molecule has 1 aromatic heterocycles. The Labute approximate surface area is 91.7 Å². The first-order valence-electron chi connectivity index (χ1n) is 4.74. The molecule has 16 heavy (non-hydrogen) atoms. The smallest absolute Gasteiger partial charge is 0.230 e. The predicted octanol–water partition coefficient (Wildman–Crippen LogP) is 2.54. The Balaban J connectivity index is 2.41. The molecule has 0 fully saturated rings. The molecule has 0 saturated carbocycles. The highest BCUT2D eigenvalue weighted by Gasteiger charge is 2.15. The van der Waals surface area contributed by atoms with Crippen LogP contribution in [-0.4, -0.2) is 5.78 Å². The molecular weight excluding hydrogens is 209 g/mol. The largest absolute Gasteiger partial charge is 0.458 e. The van der Waals surface area contributed by atoms with Gasteiger partial charge in [-0.15, -0.1) is 0 Å². The van der Waals surface area contributed by atoms with Crippen LogP contribution in [0.1, 0.15) is 21.9 Å². The predicted molar refractivity (Wildman–Crippen MR) is 57.7 cm³/mol. The van der Waals surface area contributed by atoms with Gasteiger partial charge in [-0.3, -0.25) is 4.79 Å². The Morgan fingerprint density at radius 2 is 2.06 bits per heavy atom. The fourth-order valence-corrected chi connectivity index (χ4v) is 1.43. The first kappa shape index (κ1) is 10.4. The second kappa shape index (κ2) is 3.81. The normalized spacial score (nSPS) is 10.4. The van der Waals surface area contributed by atoms with Crippen molar-refractivity contribution in [2.45, 2.75) is 6.92 Å². The van der Waals surface area contributed by atoms with E-state index in [1.807, 2.05) is 0 Å². The number of hydrogen-bond acceptors (Lipinski definition) is 3. The fourth-order valence-electron chi connectivity index (χ4n) is 1.43. The Hall–Kier alpha value is -2.10. The van der Waals surface area contributed by atoms with Gasteiger partial charge in [0.1, 0.15) is 11.6 Å². The van der Waals surface area contributed by atoms with Gasteiger partial charge in [-0.2, -0.15) is 0 Å². The maximum absolute atomic E-state index is 12.8. The summed E-state index contributed by atoms with van der Waals surface area (Å²) in [6, 6.07) is 6.92. The first-order chi connectivity index (χ1) is 7.58. The quantitative estimate of drug-likeness (QED) is 0.623. The van der Waals surface area contributed by atoms with Gasteiger partial charge < -0.3 is 10.2 Å². The highest BCUT2D eigenvalue weighted by atomic mass is 19.1. The molecule has 2 aromatic rings. The summed E-state index contributed by atoms with van der Waals surface area (Å²) in [7, 11) is 0. The summed E-state index contributed by atoms with van der Waals surface area (Å²) in [6.45, 7) is 1.74. The van der Waals surface area contributed by atoms with Crippen molar-refractivity contribution < 1.29 is 13.6 Å². The maximum atomic E-state index is 12.8. The number of hydrogen-bond donors (Lipinski definition) is 1. The first-order valence-corrected chi connectivity index (χ1v) is 4.74. The van der Waals surface area contributed by atoms with Crippen molar-refractivity contribution in [3.63, 3.8) is 0 Å². The van der Waals surface area contributed by atoms with Gasteiger partial charge in [0.15, 0.2) is 5.76 Å². The maximum Gasteiger partial charge on any atom is 0.230 e. The third-order valence-corrected chi connectivity index (χ3v) is 2.22. The van der Waals surface area contributed by atoms with Crippen molar-refractivity contribution in [1.82, 2.24) is 0 Å². The van der Waals surface area contributed by atoms with Crippen molar-refractivity contribution in [2.24, 2.45) is 0 Å². The highest BCUT2D eigenvalue weighted by Crippen LogP contribution is 2.19. The molecule has 0 aliphatic heterocycles. The standard InChI is InChI=1S/C12H10FNO2/c1-7-2-5-11(16-7)12(15)9-4-3-8(13)6-10(9)14/h2-6H,14H2,1H3. The van der Waals surface area contributed by atoms with E-state index in [1.165, 1.54) is 12.1 Å². The van der Waals surface area contributed by atoms with Crippen molar-refractivity contribution in [3.05, 3.63) is 53.2 Å². The molecule has 2 rings (SSSR count). The SMILES string of the molecule is Cc1ccc(C(=O)c2ccc(F)cc2N)o1. The molecule has 0 bridgehead atoms. The number of rotatable bonds is 2. The number of anilines is 1. The lowest BCUT2D eigenvalue weighted by Crippen LogP contribution is -2.04. The van der Waals surface area contributed by atoms with Gasteiger partial charge in [0.2, 0.25) is 5.78 Å². The minimum absolute atomic E-state index is 0.110. The van der Waals surface area contributed by atoms with Crippen LogP contribution in [-0.2, 0) is 0 Å². The topological polar surface area (TPSA) is 56.2 Å². The van der Waals surface area contributed by atoms with Crippen LogP contribution in [0.2, 0.25) is 0 Å². The number of nitrogen functional groups attached to an aromatic ring is 1. The van der Waals surface area contributed by atoms with E-state index in [-0.39, 0.29) is 22.8 Å². The second-order valence-corrected chi connectivity index (χ2v) is 3.47. The fraction of sp³-hybridized carbons (Fsp3) is 0.0833. The van der Waals surface area contributed by atoms with E-state index >= 15 is 0 Å². The summed E-state index contributed by atoms with van der Waals surface area (Å²) in [5.74, 6) is 0.0371. The Morgan fingerprint density at radius 1 is 1.31 bits per heavy atom. The minimum atomic E-state index is -0.468. The van der Waals surface area contributed by atoms with Crippen molar-refractivity contribution >= 4 is 11.5 Å². The number of carbonyl (C=O) groups excluding carboxylic acids is 1. The summed E-state index contributed by atoms with van der Waals surface area (Å²) >= 11 is 0. The number of halogens is 1. The summed E-state index contributed by atoms with van der Waals surface area (Å²) in [6.07, 6.45) is 0. The zero-order valence-electron chi connectivity index (χ0n) is 8.66. The van der Waals surface area contributed by atoms with Crippen molar-refractivity contribution in [2.75, 3.05) is 5.73 Å². The number of benzene rings is 1. The molecule has 0 aliphatic carbocycles. The lowest BCUT2D eigenvalue weighted by Gasteiger charge is -2.02. The molecule has 0 radical (unpaired) electrons. The summed E-state index contributed by atoms with van der Waals surface area (Å²) < 4.78 is 18.0. The van der Waals surface area contributed by atoms with Crippen LogP contribution in [0.4, 0.5) is 10.1 Å². The number of carbonyl (C=O) groups is 1. The van der Waals surface area contributed by atoms with Crippen LogP contribution < -0.4 is 5.73 Å². The van der Waals surface area contributed by atoms with Gasteiger partial charge >= 0.3 is 0 Å². The molecule has 0 atom stereocenters. The van der Waals surface area contributed by atoms with Crippen LogP contribution in [0.25, 0.3) is 0 Å². The van der Waals surface area contributed by atoms with Crippen molar-refractivity contribution in [1.29, 1.82) is 0 Å². The molecule has 0 saturated heterocycles. The number of nitrogens with two attached hydrogens (primary N) is 1. The van der Waals surface area contributed by atoms with Gasteiger partial charge in [0, 0.05) is 11.3 Å². The van der Waals surface area contributed by atoms with E-state index in [1.54, 1.807) is 19.1 Å². The number of ketones is 1. The monoisotopic (exact) mass is 219 g/mol. The van der Waals surface area contributed by atoms with Crippen LogP contribution >= 0.6 is 0 Å². The third-order valence-electron chi connectivity index (χ3n) is 2.22. The van der Waals surface area contributed by atoms with E-state index in [9.17, 15) is 9.18 Å². The van der Waals surface area contributed by atoms with Gasteiger partial charge in [0.05, 0.1) is 0 Å². The molecule has 1 aromatic carbocycles. The molecule has 0 spiro atoms. The Kier molecular flexibility index (Phi) is 2.48. The Bertz CT molecular complexity index is 546. The van der Waals surface area contributed by atoms with Crippen LogP contribution in [0.3, 0.4) is 0 Å². The zero-order chi connectivity index (χ0) is 11.7. The molecule has 4 heteroatoms. The lowest BCUT2D eigenvalue weighted by molar-refractivity contribution is 0.101. The van der Waals surface area contributed by atoms with E-state index in [0.29, 0.717) is 5.76 Å². The zero-order valence-corrected chi connectivity index (χ0v) is 8.66. The Morgan fingerprint density at radius 3 is 2.62 bits per heavy atom. The van der Waals surface area contributed by atoms with Gasteiger partial charge in [-0.1, -0.05) is 0 Å². The molecule has 0 unspecified atom stereocenters. The highest BCUT2D eigenvalue weighted by molar-refractivity contribution is 6.10. The summed E-state index contributed by atoms with van der Waals surface area (Å²) in [4.78, 5) is 11.9. The number of aryl methyl sites for hydroxylation is 1. The summed E-state index contributed by atoms with van der Waals surface area (Å²) in [5.41, 5.74) is 5.92. The second-order valence-electron chi connectivity index (χ2n) is 3.47. The van der Waals surface area contributed by atoms with Gasteiger partial charge in [-0.05, 0) is 37.3 Å². The molecule has 0 amide bonds. The average Bonchev–Trinajstić information content (AvgIpc) is 2.64. The van der Waals surface area contributed by atoms with E-state index < -0.39 is 5.82 Å². The van der Waals surface area contributed by atoms with E-state index in [2.05, 4.69) is 0 Å². The minimum Gasteiger partial charge on any atom is -0.458 e. The lowest BCUT2D eigenvalue weighted by atomic mass is 10.1. The average molecular weight is 219 g/mol. The molecule has 1 heterocycles. The summed E-state index contributed by atoms with van der Waals surface area (Å²) in [5, 5.41) is 0. The van der Waals surface area contributed by atoms with Crippen LogP contribution in [0, 0.1) is 12.7 Å². The van der Waals surface area contributed by atoms with E-state index in [4.69, 9.17) is 10.2 Å². The van der Waals surface area contributed by atoms with Crippen LogP contribution in [0.5, 0.6) is 0 Å². The van der Waals surface area contributed by atoms with Crippen LogP contribution in [0.15, 0.2) is 34.7 Å². The molecular formula is C12H10FNO2. The van der Waals surface area contributed by atoms with E-state index in [0.717, 1.165) is 6.07 Å². The molecule has 0 aliphatic rings. The number of furan rings is 1.